The summed E-state index contributed by atoms with van der Waals surface area (Å²) in [6.07, 6.45) is 11.2. The van der Waals surface area contributed by atoms with E-state index in [9.17, 15) is 14.9 Å². The topological polar surface area (TPSA) is 96.9 Å². The number of rotatable bonds is 1. The molecule has 0 N–H and O–H groups in total. The van der Waals surface area contributed by atoms with Gasteiger partial charge in [-0.15, -0.1) is 0 Å². The van der Waals surface area contributed by atoms with Crippen LogP contribution in [0.5, 0.6) is 0 Å². The molecule has 7 unspecified atom stereocenters. The molecule has 7 atom stereocenters. The van der Waals surface area contributed by atoms with Crippen LogP contribution in [0.3, 0.4) is 0 Å². The van der Waals surface area contributed by atoms with Crippen molar-refractivity contribution < 1.29 is 14.1 Å². The number of hydrogen-bond donors (Lipinski definition) is 0. The fraction of sp³-hybridized carbons (Fsp3) is 0.700. The minimum Gasteiger partial charge on any atom is -0.339 e. The molecule has 5 aliphatic rings. The molecule has 6 rings (SSSR count). The molecule has 3 fully saturated rings. The lowest BCUT2D eigenvalue weighted by molar-refractivity contribution is -0.139. The van der Waals surface area contributed by atoms with Gasteiger partial charge in [-0.1, -0.05) is 44.5 Å². The van der Waals surface area contributed by atoms with Gasteiger partial charge in [-0.25, -0.2) is 0 Å². The summed E-state index contributed by atoms with van der Waals surface area (Å²) in [5, 5.41) is 13.8. The quantitative estimate of drug-likeness (QED) is 0.495. The van der Waals surface area contributed by atoms with Crippen LogP contribution in [0, 0.1) is 58.2 Å². The number of aryl methyl sites for hydroxylation is 1. The Labute approximate surface area is 213 Å². The normalized spacial score (nSPS) is 43.2. The van der Waals surface area contributed by atoms with Gasteiger partial charge in [0.1, 0.15) is 6.07 Å². The van der Waals surface area contributed by atoms with E-state index in [1.54, 1.807) is 0 Å². The molecule has 0 spiro atoms. The third kappa shape index (κ3) is 3.07. The van der Waals surface area contributed by atoms with Crippen molar-refractivity contribution in [3.63, 3.8) is 0 Å². The smallest absolute Gasteiger partial charge is 0.233 e. The molecule has 3 saturated carbocycles. The Bertz CT molecular complexity index is 1260. The van der Waals surface area contributed by atoms with Crippen molar-refractivity contribution in [2.75, 3.05) is 0 Å². The van der Waals surface area contributed by atoms with Gasteiger partial charge in [-0.05, 0) is 86.5 Å². The van der Waals surface area contributed by atoms with E-state index in [2.05, 4.69) is 38.9 Å². The van der Waals surface area contributed by atoms with E-state index in [-0.39, 0.29) is 57.1 Å². The average Bonchev–Trinajstić information content (AvgIpc) is 3.27. The number of hydrogen-bond acceptors (Lipinski definition) is 6. The van der Waals surface area contributed by atoms with E-state index >= 15 is 0 Å². The van der Waals surface area contributed by atoms with Crippen LogP contribution in [0.2, 0.25) is 0 Å². The molecule has 6 heteroatoms. The van der Waals surface area contributed by atoms with Gasteiger partial charge in [0.25, 0.3) is 0 Å². The second kappa shape index (κ2) is 7.49. The van der Waals surface area contributed by atoms with Crippen molar-refractivity contribution >= 4 is 11.6 Å². The molecule has 0 aromatic carbocycles. The summed E-state index contributed by atoms with van der Waals surface area (Å²) in [4.78, 5) is 31.5. The number of Topliss-reactive ketones (excluding diaryl/α,β-unsaturated/α-hetero) is 1. The first-order chi connectivity index (χ1) is 16.9. The van der Waals surface area contributed by atoms with Gasteiger partial charge < -0.3 is 4.52 Å². The molecular formula is C30H37N3O3. The molecule has 36 heavy (non-hydrogen) atoms. The van der Waals surface area contributed by atoms with Crippen molar-refractivity contribution in [2.24, 2.45) is 39.9 Å². The first-order valence-corrected chi connectivity index (χ1v) is 13.7. The standard InChI is InChI=1S/C30H37N3O3/c1-17-32-26(36-33-17)30-9-7-20-25(21(30)15-27(2,3)10-11-30)23(35)13-24-28(20,4)8-6-19-12-22(34)18(16-31)14-29(19,24)5/h13-14,19-21,25H,6-12,15H2,1-5H3. The highest BCUT2D eigenvalue weighted by Gasteiger charge is 2.65. The first kappa shape index (κ1) is 23.8. The van der Waals surface area contributed by atoms with Gasteiger partial charge in [0.15, 0.2) is 17.4 Å². The van der Waals surface area contributed by atoms with E-state index in [0.717, 1.165) is 56.4 Å². The Morgan fingerprint density at radius 1 is 1.06 bits per heavy atom. The van der Waals surface area contributed by atoms with Crippen LogP contribution in [0.1, 0.15) is 90.8 Å². The van der Waals surface area contributed by atoms with Gasteiger partial charge in [-0.3, -0.25) is 9.59 Å². The average molecular weight is 488 g/mol. The van der Waals surface area contributed by atoms with Crippen molar-refractivity contribution in [2.45, 2.75) is 91.4 Å². The number of fused-ring (bicyclic) bond motifs is 7. The molecular weight excluding hydrogens is 450 g/mol. The largest absolute Gasteiger partial charge is 0.339 e. The van der Waals surface area contributed by atoms with Gasteiger partial charge >= 0.3 is 0 Å². The molecule has 0 radical (unpaired) electrons. The Kier molecular flexibility index (Phi) is 4.96. The summed E-state index contributed by atoms with van der Waals surface area (Å²) in [7, 11) is 0. The number of carbonyl (C=O) groups excluding carboxylic acids is 2. The number of nitrogens with zero attached hydrogens (tertiary/aromatic N) is 3. The van der Waals surface area contributed by atoms with Gasteiger partial charge in [-0.2, -0.15) is 10.2 Å². The van der Waals surface area contributed by atoms with E-state index in [1.807, 2.05) is 19.1 Å². The van der Waals surface area contributed by atoms with E-state index < -0.39 is 5.41 Å². The second-order valence-electron chi connectivity index (χ2n) is 13.6. The van der Waals surface area contributed by atoms with Crippen molar-refractivity contribution in [1.82, 2.24) is 10.1 Å². The Hall–Kier alpha value is -2.55. The minimum absolute atomic E-state index is 0.0501. The minimum atomic E-state index is -0.420. The Morgan fingerprint density at radius 2 is 1.83 bits per heavy atom. The van der Waals surface area contributed by atoms with Crippen molar-refractivity contribution in [1.29, 1.82) is 5.26 Å². The molecule has 0 saturated heterocycles. The molecule has 190 valence electrons. The van der Waals surface area contributed by atoms with Crippen LogP contribution >= 0.6 is 0 Å². The van der Waals surface area contributed by atoms with Crippen LogP contribution in [-0.4, -0.2) is 21.7 Å². The van der Waals surface area contributed by atoms with Crippen molar-refractivity contribution in [3.8, 4) is 6.07 Å². The van der Waals surface area contributed by atoms with E-state index in [4.69, 9.17) is 9.51 Å². The molecule has 6 nitrogen and oxygen atoms in total. The molecule has 5 aliphatic carbocycles. The number of carbonyl (C=O) groups is 2. The summed E-state index contributed by atoms with van der Waals surface area (Å²) in [5.74, 6) is 2.07. The predicted molar refractivity (Wildman–Crippen MR) is 133 cm³/mol. The lowest BCUT2D eigenvalue weighted by atomic mass is 9.40. The summed E-state index contributed by atoms with van der Waals surface area (Å²) in [6.45, 7) is 11.1. The summed E-state index contributed by atoms with van der Waals surface area (Å²) in [6, 6.07) is 2.13. The number of ketones is 2. The maximum atomic E-state index is 14.2. The van der Waals surface area contributed by atoms with Gasteiger partial charge in [0.05, 0.1) is 11.0 Å². The number of allylic oxidation sites excluding steroid dienone is 4. The summed E-state index contributed by atoms with van der Waals surface area (Å²) >= 11 is 0. The molecule has 1 aromatic heterocycles. The maximum Gasteiger partial charge on any atom is 0.233 e. The fourth-order valence-corrected chi connectivity index (χ4v) is 9.28. The van der Waals surface area contributed by atoms with Gasteiger partial charge in [0, 0.05) is 17.8 Å². The fourth-order valence-electron chi connectivity index (χ4n) is 9.28. The van der Waals surface area contributed by atoms with Crippen LogP contribution < -0.4 is 0 Å². The zero-order chi connectivity index (χ0) is 25.7. The highest BCUT2D eigenvalue weighted by molar-refractivity contribution is 6.01. The van der Waals surface area contributed by atoms with Crippen LogP contribution in [-0.2, 0) is 15.0 Å². The molecule has 0 amide bonds. The molecule has 0 bridgehead atoms. The molecule has 1 aromatic rings. The Balaban J connectivity index is 1.48. The maximum absolute atomic E-state index is 14.2. The molecule has 0 aliphatic heterocycles. The van der Waals surface area contributed by atoms with Crippen molar-refractivity contribution in [3.05, 3.63) is 35.0 Å². The van der Waals surface area contributed by atoms with Crippen LogP contribution in [0.15, 0.2) is 27.8 Å². The zero-order valence-electron chi connectivity index (χ0n) is 22.2. The summed E-state index contributed by atoms with van der Waals surface area (Å²) < 4.78 is 5.84. The first-order valence-electron chi connectivity index (χ1n) is 13.7. The summed E-state index contributed by atoms with van der Waals surface area (Å²) in [5.41, 5.74) is 0.803. The van der Waals surface area contributed by atoms with Crippen LogP contribution in [0.25, 0.3) is 0 Å². The third-order valence-corrected chi connectivity index (χ3v) is 11.2. The zero-order valence-corrected chi connectivity index (χ0v) is 22.2. The highest BCUT2D eigenvalue weighted by Crippen LogP contribution is 2.69. The van der Waals surface area contributed by atoms with E-state index in [1.165, 1.54) is 0 Å². The number of aromatic nitrogens is 2. The second-order valence-corrected chi connectivity index (χ2v) is 13.6. The third-order valence-electron chi connectivity index (χ3n) is 11.2. The van der Waals surface area contributed by atoms with Gasteiger partial charge in [0.2, 0.25) is 5.89 Å². The number of nitriles is 1. The monoisotopic (exact) mass is 487 g/mol. The lowest BCUT2D eigenvalue weighted by Crippen LogP contribution is -2.60. The SMILES string of the molecule is Cc1noc(C23CCC4C(C(=O)C=C5C6(C)C=C(C#N)C(=O)CC6CCC54C)C2CC(C)(C)CC3)n1. The van der Waals surface area contributed by atoms with E-state index in [0.29, 0.717) is 12.2 Å². The van der Waals surface area contributed by atoms with Crippen LogP contribution in [0.4, 0.5) is 0 Å². The highest BCUT2D eigenvalue weighted by atomic mass is 16.5. The Morgan fingerprint density at radius 3 is 2.53 bits per heavy atom. The predicted octanol–water partition coefficient (Wildman–Crippen LogP) is 5.82. The molecule has 1 heterocycles. The lowest BCUT2D eigenvalue weighted by Gasteiger charge is -2.63.